The molecule has 0 unspecified atom stereocenters. The van der Waals surface area contributed by atoms with Crippen LogP contribution in [0.2, 0.25) is 0 Å². The minimum absolute atomic E-state index is 0.128. The molecule has 9 heteroatoms. The second-order valence-electron chi connectivity index (χ2n) is 8.01. The van der Waals surface area contributed by atoms with Crippen molar-refractivity contribution in [1.29, 1.82) is 0 Å². The fraction of sp³-hybridized carbons (Fsp3) is 0.318. The van der Waals surface area contributed by atoms with Gasteiger partial charge >= 0.3 is 6.03 Å². The fourth-order valence-corrected chi connectivity index (χ4v) is 6.68. The number of carbonyl (C=O) groups is 1. The lowest BCUT2D eigenvalue weighted by atomic mass is 10.0. The first kappa shape index (κ1) is 21.2. The van der Waals surface area contributed by atoms with Crippen LogP contribution in [0.3, 0.4) is 0 Å². The maximum atomic E-state index is 14.7. The van der Waals surface area contributed by atoms with Crippen molar-refractivity contribution in [3.8, 4) is 0 Å². The van der Waals surface area contributed by atoms with Crippen molar-refractivity contribution < 1.29 is 13.8 Å². The van der Waals surface area contributed by atoms with E-state index in [0.717, 1.165) is 10.9 Å². The molecule has 1 aliphatic heterocycles. The van der Waals surface area contributed by atoms with Crippen LogP contribution in [-0.2, 0) is 11.0 Å². The number of H-pyrrole nitrogens is 1. The van der Waals surface area contributed by atoms with Gasteiger partial charge in [0, 0.05) is 56.6 Å². The highest BCUT2D eigenvalue weighted by molar-refractivity contribution is 7.71. The molecule has 0 bridgehead atoms. The molecule has 31 heavy (non-hydrogen) atoms. The predicted octanol–water partition coefficient (Wildman–Crippen LogP) is 2.64. The Morgan fingerprint density at radius 1 is 1.16 bits per heavy atom. The summed E-state index contributed by atoms with van der Waals surface area (Å²) in [5.74, 6) is -0.487. The summed E-state index contributed by atoms with van der Waals surface area (Å²) in [6, 6.07) is 11.7. The van der Waals surface area contributed by atoms with Gasteiger partial charge in [-0.1, -0.05) is 24.3 Å². The molecular formula is C22H24FN4O3P. The number of benzene rings is 2. The lowest BCUT2D eigenvalue weighted by molar-refractivity contribution is 0.175. The maximum absolute atomic E-state index is 14.7. The van der Waals surface area contributed by atoms with E-state index in [-0.39, 0.29) is 29.2 Å². The summed E-state index contributed by atoms with van der Waals surface area (Å²) in [6.07, 6.45) is 0.884. The molecule has 0 atom stereocenters. The number of urea groups is 1. The first-order valence-electron chi connectivity index (χ1n) is 10.1. The fourth-order valence-electron chi connectivity index (χ4n) is 3.98. The van der Waals surface area contributed by atoms with Crippen molar-refractivity contribution in [2.24, 2.45) is 0 Å². The molecule has 1 fully saturated rings. The molecule has 1 N–H and O–H groups in total. The zero-order valence-corrected chi connectivity index (χ0v) is 18.4. The number of nitrogens with one attached hydrogen (secondary N) is 1. The third-order valence-corrected chi connectivity index (χ3v) is 8.78. The Morgan fingerprint density at radius 2 is 1.84 bits per heavy atom. The van der Waals surface area contributed by atoms with Gasteiger partial charge in [0.05, 0.1) is 11.1 Å². The molecule has 1 aliphatic rings. The van der Waals surface area contributed by atoms with E-state index in [9.17, 15) is 18.5 Å². The molecule has 3 aromatic rings. The monoisotopic (exact) mass is 442 g/mol. The number of nitrogens with zero attached hydrogens (tertiary/aromatic N) is 3. The lowest BCUT2D eigenvalue weighted by Crippen LogP contribution is -2.45. The molecule has 0 radical (unpaired) electrons. The number of carbonyl (C=O) groups excluding carboxylic acids is 1. The normalized spacial score (nSPS) is 15.8. The van der Waals surface area contributed by atoms with Crippen molar-refractivity contribution >= 4 is 29.2 Å². The van der Waals surface area contributed by atoms with Gasteiger partial charge in [-0.25, -0.2) is 14.3 Å². The smallest absolute Gasteiger partial charge is 0.319 e. The Bertz CT molecular complexity index is 1240. The van der Waals surface area contributed by atoms with E-state index < -0.39 is 13.0 Å². The van der Waals surface area contributed by atoms with Crippen LogP contribution < -0.4 is 10.9 Å². The van der Waals surface area contributed by atoms with Crippen LogP contribution in [0, 0.1) is 5.82 Å². The second kappa shape index (κ2) is 8.27. The van der Waals surface area contributed by atoms with Gasteiger partial charge in [0.2, 0.25) is 0 Å². The summed E-state index contributed by atoms with van der Waals surface area (Å²) >= 11 is 0. The van der Waals surface area contributed by atoms with E-state index in [4.69, 9.17) is 0 Å². The van der Waals surface area contributed by atoms with E-state index in [2.05, 4.69) is 10.2 Å². The van der Waals surface area contributed by atoms with Gasteiger partial charge in [-0.2, -0.15) is 5.10 Å². The van der Waals surface area contributed by atoms with Crippen molar-refractivity contribution in [3.05, 3.63) is 69.9 Å². The van der Waals surface area contributed by atoms with Crippen LogP contribution in [0.5, 0.6) is 0 Å². The standard InChI is InChI=1S/C22H24FN4O3P/c1-26(2)22(29)27-9-11-31(30,12-10-27)20-14-15(7-8-18(20)23)13-19-16-5-3-4-6-17(16)21(28)25-24-19/h3-8,14H,9-13H2,1-2H3,(H,25,28). The van der Waals surface area contributed by atoms with Gasteiger partial charge in [-0.15, -0.1) is 0 Å². The molecule has 2 heterocycles. The summed E-state index contributed by atoms with van der Waals surface area (Å²) < 4.78 is 28.3. The molecule has 162 valence electrons. The molecule has 1 aromatic heterocycles. The molecule has 1 saturated heterocycles. The zero-order valence-electron chi connectivity index (χ0n) is 17.5. The van der Waals surface area contributed by atoms with Crippen LogP contribution in [0.25, 0.3) is 10.8 Å². The average Bonchev–Trinajstić information content (AvgIpc) is 2.77. The van der Waals surface area contributed by atoms with Gasteiger partial charge in [0.1, 0.15) is 13.0 Å². The van der Waals surface area contributed by atoms with Gasteiger partial charge < -0.3 is 14.4 Å². The molecule has 0 aliphatic carbocycles. The van der Waals surface area contributed by atoms with Crippen molar-refractivity contribution in [2.45, 2.75) is 6.42 Å². The Kier molecular flexibility index (Phi) is 5.67. The third kappa shape index (κ3) is 4.12. The number of amides is 2. The third-order valence-electron chi connectivity index (χ3n) is 5.71. The van der Waals surface area contributed by atoms with Crippen molar-refractivity contribution in [3.63, 3.8) is 0 Å². The maximum Gasteiger partial charge on any atom is 0.319 e. The SMILES string of the molecule is CN(C)C(=O)N1CCP(=O)(c2cc(Cc3n[nH]c(=O)c4ccccc34)ccc2F)CC1. The zero-order chi connectivity index (χ0) is 22.2. The summed E-state index contributed by atoms with van der Waals surface area (Å²) in [5, 5.41) is 8.20. The molecular weight excluding hydrogens is 418 g/mol. The first-order valence-corrected chi connectivity index (χ1v) is 12.2. The van der Waals surface area contributed by atoms with Gasteiger partial charge in [0.15, 0.2) is 0 Å². The summed E-state index contributed by atoms with van der Waals surface area (Å²) in [6.45, 7) is 0.675. The predicted molar refractivity (Wildman–Crippen MR) is 119 cm³/mol. The molecule has 0 saturated carbocycles. The van der Waals surface area contributed by atoms with Gasteiger partial charge in [-0.3, -0.25) is 4.79 Å². The van der Waals surface area contributed by atoms with Crippen LogP contribution in [0.4, 0.5) is 9.18 Å². The summed E-state index contributed by atoms with van der Waals surface area (Å²) in [7, 11) is 0.386. The number of fused-ring (bicyclic) bond motifs is 1. The molecule has 4 rings (SSSR count). The molecule has 2 aromatic carbocycles. The number of rotatable bonds is 3. The van der Waals surface area contributed by atoms with Crippen LogP contribution in [-0.4, -0.2) is 65.5 Å². The van der Waals surface area contributed by atoms with E-state index in [1.807, 2.05) is 12.1 Å². The molecule has 0 spiro atoms. The van der Waals surface area contributed by atoms with E-state index in [1.165, 1.54) is 11.0 Å². The van der Waals surface area contributed by atoms with Crippen molar-refractivity contribution in [1.82, 2.24) is 20.0 Å². The number of aromatic nitrogens is 2. The molecule has 2 amide bonds. The first-order chi connectivity index (χ1) is 14.8. The van der Waals surface area contributed by atoms with E-state index in [0.29, 0.717) is 30.6 Å². The van der Waals surface area contributed by atoms with Crippen molar-refractivity contribution in [2.75, 3.05) is 39.5 Å². The Balaban J connectivity index is 1.62. The lowest BCUT2D eigenvalue weighted by Gasteiger charge is -2.34. The van der Waals surface area contributed by atoms with Crippen LogP contribution in [0.15, 0.2) is 47.3 Å². The highest BCUT2D eigenvalue weighted by atomic mass is 31.2. The number of hydrogen-bond donors (Lipinski definition) is 1. The number of halogens is 1. The van der Waals surface area contributed by atoms with Crippen LogP contribution >= 0.6 is 7.14 Å². The number of hydrogen-bond acceptors (Lipinski definition) is 4. The topological polar surface area (TPSA) is 86.4 Å². The quantitative estimate of drug-likeness (QED) is 0.632. The van der Waals surface area contributed by atoms with Gasteiger partial charge in [0.25, 0.3) is 5.56 Å². The van der Waals surface area contributed by atoms with E-state index in [1.54, 1.807) is 43.3 Å². The Labute approximate surface area is 179 Å². The number of aromatic amines is 1. The Hall–Kier alpha value is -2.99. The van der Waals surface area contributed by atoms with Crippen LogP contribution in [0.1, 0.15) is 11.3 Å². The highest BCUT2D eigenvalue weighted by Gasteiger charge is 2.34. The Morgan fingerprint density at radius 3 is 2.52 bits per heavy atom. The second-order valence-corrected chi connectivity index (χ2v) is 11.2. The average molecular weight is 442 g/mol. The highest BCUT2D eigenvalue weighted by Crippen LogP contribution is 2.47. The van der Waals surface area contributed by atoms with Gasteiger partial charge in [-0.05, 0) is 23.8 Å². The molecule has 7 nitrogen and oxygen atoms in total. The minimum Gasteiger partial charge on any atom is -0.331 e. The van der Waals surface area contributed by atoms with E-state index >= 15 is 0 Å². The largest absolute Gasteiger partial charge is 0.331 e. The summed E-state index contributed by atoms with van der Waals surface area (Å²) in [4.78, 5) is 27.3. The minimum atomic E-state index is -2.96. The summed E-state index contributed by atoms with van der Waals surface area (Å²) in [5.41, 5.74) is 1.17.